The molecular weight excluding hydrogens is 483 g/mol. The lowest BCUT2D eigenvalue weighted by Crippen LogP contribution is -2.49. The normalized spacial score (nSPS) is 12.4. The molecule has 1 N–H and O–H groups in total. The molecule has 5 aromatic carbocycles. The molecule has 4 heteroatoms. The highest BCUT2D eigenvalue weighted by molar-refractivity contribution is 7.26. The van der Waals surface area contributed by atoms with E-state index in [0.29, 0.717) is 0 Å². The second kappa shape index (κ2) is 9.39. The Morgan fingerprint density at radius 1 is 0.632 bits per heavy atom. The average molecular weight is 513 g/mol. The predicted octanol–water partition coefficient (Wildman–Crippen LogP) is 8.35. The molecule has 38 heavy (non-hydrogen) atoms. The summed E-state index contributed by atoms with van der Waals surface area (Å²) >= 11 is 1.85. The maximum Gasteiger partial charge on any atom is 0.331 e. The van der Waals surface area contributed by atoms with E-state index in [2.05, 4.69) is 103 Å². The zero-order chi connectivity index (χ0) is 26.5. The summed E-state index contributed by atoms with van der Waals surface area (Å²) in [4.78, 5) is 0. The van der Waals surface area contributed by atoms with Crippen LogP contribution in [0.5, 0.6) is 0 Å². The van der Waals surface area contributed by atoms with E-state index in [-0.39, 0.29) is 0 Å². The molecule has 0 atom stereocenters. The minimum atomic E-state index is -0.977. The van der Waals surface area contributed by atoms with Gasteiger partial charge in [-0.1, -0.05) is 91.0 Å². The van der Waals surface area contributed by atoms with E-state index in [1.54, 1.807) is 21.3 Å². The lowest BCUT2D eigenvalue weighted by molar-refractivity contribution is -0.0893. The summed E-state index contributed by atoms with van der Waals surface area (Å²) in [6.07, 6.45) is 0. The van der Waals surface area contributed by atoms with Crippen molar-refractivity contribution in [1.29, 1.82) is 0 Å². The van der Waals surface area contributed by atoms with Crippen LogP contribution in [0.15, 0.2) is 103 Å². The number of hydrogen-bond donors (Lipinski definition) is 1. The topological polar surface area (TPSA) is 29.5 Å². The van der Waals surface area contributed by atoms with E-state index in [1.807, 2.05) is 25.2 Å². The van der Waals surface area contributed by atoms with Gasteiger partial charge in [0.2, 0.25) is 0 Å². The van der Waals surface area contributed by atoms with Crippen molar-refractivity contribution in [3.8, 4) is 22.3 Å². The van der Waals surface area contributed by atoms with Gasteiger partial charge in [-0.3, -0.25) is 0 Å². The molecule has 0 unspecified atom stereocenters. The van der Waals surface area contributed by atoms with Crippen molar-refractivity contribution in [1.82, 2.24) is 0 Å². The van der Waals surface area contributed by atoms with Gasteiger partial charge in [0.1, 0.15) is 0 Å². The maximum atomic E-state index is 10.5. The summed E-state index contributed by atoms with van der Waals surface area (Å²) in [5.41, 5.74) is 4.21. The third kappa shape index (κ3) is 4.33. The number of aliphatic hydroxyl groups is 1. The Hall–Kier alpha value is -3.44. The lowest BCUT2D eigenvalue weighted by Gasteiger charge is -2.37. The Morgan fingerprint density at radius 3 is 2.13 bits per heavy atom. The number of rotatable bonds is 6. The third-order valence-corrected chi connectivity index (χ3v) is 8.92. The number of benzene rings is 5. The molecular formula is C34H30BO2S. The van der Waals surface area contributed by atoms with Crippen LogP contribution in [0.4, 0.5) is 0 Å². The Morgan fingerprint density at radius 2 is 1.37 bits per heavy atom. The molecule has 0 fully saturated rings. The van der Waals surface area contributed by atoms with Gasteiger partial charge in [-0.05, 0) is 78.3 Å². The molecule has 0 aliphatic heterocycles. The third-order valence-electron chi connectivity index (χ3n) is 7.81. The summed E-state index contributed by atoms with van der Waals surface area (Å²) in [5.74, 6) is 0. The Bertz CT molecular complexity index is 1780. The minimum Gasteiger partial charge on any atom is -0.427 e. The van der Waals surface area contributed by atoms with Crippen molar-refractivity contribution in [3.05, 3.63) is 103 Å². The van der Waals surface area contributed by atoms with Crippen LogP contribution in [0.2, 0.25) is 0 Å². The SMILES string of the molecule is CC(C)(O)C(C)(C)O[B]c1ccc(-c2cccc3sc4cc(-c5ccccc5)ccc4c23)c2ccccc12. The lowest BCUT2D eigenvalue weighted by atomic mass is 9.79. The zero-order valence-corrected chi connectivity index (χ0v) is 23.0. The van der Waals surface area contributed by atoms with E-state index in [4.69, 9.17) is 4.65 Å². The maximum absolute atomic E-state index is 10.5. The van der Waals surface area contributed by atoms with Gasteiger partial charge in [0.05, 0.1) is 11.2 Å². The highest BCUT2D eigenvalue weighted by Crippen LogP contribution is 2.42. The van der Waals surface area contributed by atoms with Gasteiger partial charge in [-0.2, -0.15) is 0 Å². The quantitative estimate of drug-likeness (QED) is 0.227. The predicted molar refractivity (Wildman–Crippen MR) is 165 cm³/mol. The fourth-order valence-electron chi connectivity index (χ4n) is 4.88. The van der Waals surface area contributed by atoms with Gasteiger partial charge in [-0.15, -0.1) is 11.3 Å². The molecule has 0 bridgehead atoms. The van der Waals surface area contributed by atoms with Crippen molar-refractivity contribution in [2.24, 2.45) is 0 Å². The molecule has 1 heterocycles. The van der Waals surface area contributed by atoms with E-state index in [9.17, 15) is 5.11 Å². The fraction of sp³-hybridized carbons (Fsp3) is 0.176. The van der Waals surface area contributed by atoms with Crippen molar-refractivity contribution >= 4 is 55.2 Å². The summed E-state index contributed by atoms with van der Waals surface area (Å²) in [6.45, 7) is 7.37. The summed E-state index contributed by atoms with van der Waals surface area (Å²) in [7, 11) is 1.79. The average Bonchev–Trinajstić information content (AvgIpc) is 3.30. The smallest absolute Gasteiger partial charge is 0.331 e. The molecule has 1 radical (unpaired) electrons. The molecule has 187 valence electrons. The van der Waals surface area contributed by atoms with Crippen molar-refractivity contribution in [3.63, 3.8) is 0 Å². The highest BCUT2D eigenvalue weighted by atomic mass is 32.1. The first-order valence-corrected chi connectivity index (χ1v) is 13.8. The molecule has 6 rings (SSSR count). The molecule has 0 amide bonds. The molecule has 0 saturated carbocycles. The first-order valence-electron chi connectivity index (χ1n) is 13.0. The van der Waals surface area contributed by atoms with Gasteiger partial charge >= 0.3 is 7.48 Å². The van der Waals surface area contributed by atoms with Gasteiger partial charge < -0.3 is 9.76 Å². The van der Waals surface area contributed by atoms with Gasteiger partial charge in [-0.25, -0.2) is 0 Å². The van der Waals surface area contributed by atoms with Crippen LogP contribution in [-0.4, -0.2) is 23.8 Å². The zero-order valence-electron chi connectivity index (χ0n) is 22.2. The van der Waals surface area contributed by atoms with Gasteiger partial charge in [0.25, 0.3) is 0 Å². The van der Waals surface area contributed by atoms with Gasteiger partial charge in [0.15, 0.2) is 0 Å². The Kier molecular flexibility index (Phi) is 6.15. The second-order valence-electron chi connectivity index (χ2n) is 10.9. The summed E-state index contributed by atoms with van der Waals surface area (Å²) in [6, 6.07) is 36.8. The summed E-state index contributed by atoms with van der Waals surface area (Å²) in [5, 5.41) is 15.4. The van der Waals surface area contributed by atoms with Crippen LogP contribution in [0.25, 0.3) is 53.2 Å². The van der Waals surface area contributed by atoms with E-state index < -0.39 is 11.2 Å². The molecule has 0 saturated heterocycles. The van der Waals surface area contributed by atoms with Crippen molar-refractivity contribution in [2.45, 2.75) is 38.9 Å². The second-order valence-corrected chi connectivity index (χ2v) is 12.0. The molecule has 2 nitrogen and oxygen atoms in total. The molecule has 6 aromatic rings. The number of thiophene rings is 1. The van der Waals surface area contributed by atoms with Crippen molar-refractivity contribution in [2.75, 3.05) is 0 Å². The monoisotopic (exact) mass is 513 g/mol. The molecule has 1 aromatic heterocycles. The van der Waals surface area contributed by atoms with Crippen LogP contribution in [-0.2, 0) is 4.65 Å². The minimum absolute atomic E-state index is 0.730. The van der Waals surface area contributed by atoms with E-state index >= 15 is 0 Å². The van der Waals surface area contributed by atoms with Crippen LogP contribution in [0.1, 0.15) is 27.7 Å². The molecule has 0 aliphatic carbocycles. The van der Waals surface area contributed by atoms with Crippen LogP contribution in [0, 0.1) is 0 Å². The van der Waals surface area contributed by atoms with Crippen molar-refractivity contribution < 1.29 is 9.76 Å². The summed E-state index contributed by atoms with van der Waals surface area (Å²) < 4.78 is 8.71. The van der Waals surface area contributed by atoms with Gasteiger partial charge in [0, 0.05) is 20.2 Å². The molecule has 0 aliphatic rings. The number of hydrogen-bond acceptors (Lipinski definition) is 3. The Labute approximate surface area is 228 Å². The Balaban J connectivity index is 1.47. The van der Waals surface area contributed by atoms with E-state index in [0.717, 1.165) is 10.8 Å². The first kappa shape index (κ1) is 24.9. The van der Waals surface area contributed by atoms with Crippen LogP contribution in [0.3, 0.4) is 0 Å². The van der Waals surface area contributed by atoms with Crippen LogP contribution < -0.4 is 5.46 Å². The number of fused-ring (bicyclic) bond motifs is 4. The molecule has 0 spiro atoms. The first-order chi connectivity index (χ1) is 18.2. The standard InChI is InChI=1S/C34H30BO2S/c1-33(2,36)34(3,4)37-35-29-20-19-25(24-13-8-9-14-26(24)29)27-15-10-16-30-32(27)28-18-17-23(21-31(28)38-30)22-11-6-5-7-12-22/h5-21,36H,1-4H3. The largest absolute Gasteiger partial charge is 0.427 e. The highest BCUT2D eigenvalue weighted by Gasteiger charge is 2.35. The van der Waals surface area contributed by atoms with Crippen LogP contribution >= 0.6 is 11.3 Å². The fourth-order valence-corrected chi connectivity index (χ4v) is 6.05. The van der Waals surface area contributed by atoms with E-state index in [1.165, 1.54) is 47.8 Å².